The van der Waals surface area contributed by atoms with Crippen molar-refractivity contribution in [1.29, 1.82) is 0 Å². The highest BCUT2D eigenvalue weighted by atomic mass is 32.2. The molecule has 0 aliphatic heterocycles. The van der Waals surface area contributed by atoms with E-state index < -0.39 is 0 Å². The topological polar surface area (TPSA) is 88.5 Å². The van der Waals surface area contributed by atoms with Gasteiger partial charge in [0.2, 0.25) is 0 Å². The molecule has 114 valence electrons. The van der Waals surface area contributed by atoms with E-state index >= 15 is 0 Å². The Morgan fingerprint density at radius 2 is 2.14 bits per heavy atom. The van der Waals surface area contributed by atoms with Gasteiger partial charge in [0, 0.05) is 18.7 Å². The second kappa shape index (κ2) is 7.26. The number of H-pyrrole nitrogens is 1. The van der Waals surface area contributed by atoms with Gasteiger partial charge in [0.15, 0.2) is 5.16 Å². The van der Waals surface area contributed by atoms with Crippen molar-refractivity contribution in [2.75, 3.05) is 11.9 Å². The average Bonchev–Trinajstić information content (AvgIpc) is 2.85. The zero-order valence-corrected chi connectivity index (χ0v) is 13.3. The Labute approximate surface area is 127 Å². The number of nitrogens with zero attached hydrogens (tertiary/aromatic N) is 4. The standard InChI is InChI=1S/C13H20N6OS/c1-4-7-14-10-9(5-2)11(16-8-15-10)21-13-18-17-12(20)19(13)6-3/h8H,4-7H2,1-3H3,(H,17,20)(H,14,15,16). The fourth-order valence-corrected chi connectivity index (χ4v) is 3.00. The molecule has 2 rings (SSSR count). The number of rotatable bonds is 7. The fraction of sp³-hybridized carbons (Fsp3) is 0.538. The van der Waals surface area contributed by atoms with Crippen molar-refractivity contribution in [3.05, 3.63) is 22.4 Å². The van der Waals surface area contributed by atoms with Gasteiger partial charge in [-0.1, -0.05) is 13.8 Å². The second-order valence-corrected chi connectivity index (χ2v) is 5.40. The van der Waals surface area contributed by atoms with E-state index in [1.807, 2.05) is 6.92 Å². The molecule has 2 heterocycles. The van der Waals surface area contributed by atoms with E-state index in [2.05, 4.69) is 39.3 Å². The molecule has 8 heteroatoms. The molecule has 0 saturated heterocycles. The van der Waals surface area contributed by atoms with Crippen LogP contribution in [0.15, 0.2) is 21.3 Å². The zero-order chi connectivity index (χ0) is 15.2. The summed E-state index contributed by atoms with van der Waals surface area (Å²) in [4.78, 5) is 20.3. The van der Waals surface area contributed by atoms with E-state index in [0.717, 1.165) is 35.8 Å². The molecular formula is C13H20N6OS. The van der Waals surface area contributed by atoms with Crippen LogP contribution in [0.1, 0.15) is 32.8 Å². The first-order valence-electron chi connectivity index (χ1n) is 7.12. The van der Waals surface area contributed by atoms with Gasteiger partial charge < -0.3 is 5.32 Å². The Hall–Kier alpha value is -1.83. The molecule has 0 amide bonds. The monoisotopic (exact) mass is 308 g/mol. The summed E-state index contributed by atoms with van der Waals surface area (Å²) in [5.74, 6) is 0.859. The number of hydrogen-bond donors (Lipinski definition) is 2. The third-order valence-corrected chi connectivity index (χ3v) is 4.07. The van der Waals surface area contributed by atoms with E-state index in [1.54, 1.807) is 10.9 Å². The predicted octanol–water partition coefficient (Wildman–Crippen LogP) is 1.92. The third-order valence-electron chi connectivity index (χ3n) is 3.03. The molecule has 2 aromatic heterocycles. The highest BCUT2D eigenvalue weighted by molar-refractivity contribution is 7.99. The minimum atomic E-state index is -0.198. The molecule has 7 nitrogen and oxygen atoms in total. The van der Waals surface area contributed by atoms with Gasteiger partial charge in [-0.05, 0) is 31.5 Å². The maximum absolute atomic E-state index is 11.6. The Balaban J connectivity index is 2.32. The molecule has 0 unspecified atom stereocenters. The summed E-state index contributed by atoms with van der Waals surface area (Å²) in [6.07, 6.45) is 3.39. The smallest absolute Gasteiger partial charge is 0.343 e. The molecule has 0 spiro atoms. The van der Waals surface area contributed by atoms with Crippen LogP contribution in [0.4, 0.5) is 5.82 Å². The van der Waals surface area contributed by atoms with Crippen LogP contribution in [-0.4, -0.2) is 31.3 Å². The van der Waals surface area contributed by atoms with Crippen LogP contribution in [0.2, 0.25) is 0 Å². The van der Waals surface area contributed by atoms with Crippen LogP contribution in [0.3, 0.4) is 0 Å². The predicted molar refractivity (Wildman–Crippen MR) is 82.8 cm³/mol. The van der Waals surface area contributed by atoms with Crippen molar-refractivity contribution in [1.82, 2.24) is 24.7 Å². The molecule has 2 N–H and O–H groups in total. The van der Waals surface area contributed by atoms with Crippen molar-refractivity contribution in [2.24, 2.45) is 0 Å². The molecule has 0 radical (unpaired) electrons. The number of hydrogen-bond acceptors (Lipinski definition) is 6. The van der Waals surface area contributed by atoms with Crippen molar-refractivity contribution in [3.8, 4) is 0 Å². The van der Waals surface area contributed by atoms with Gasteiger partial charge in [-0.3, -0.25) is 4.57 Å². The molecule has 0 bridgehead atoms. The molecule has 21 heavy (non-hydrogen) atoms. The summed E-state index contributed by atoms with van der Waals surface area (Å²) in [7, 11) is 0. The highest BCUT2D eigenvalue weighted by Crippen LogP contribution is 2.29. The van der Waals surface area contributed by atoms with Gasteiger partial charge in [-0.2, -0.15) is 0 Å². The van der Waals surface area contributed by atoms with Gasteiger partial charge in [-0.15, -0.1) is 5.10 Å². The van der Waals surface area contributed by atoms with Crippen LogP contribution < -0.4 is 11.0 Å². The second-order valence-electron chi connectivity index (χ2n) is 4.44. The fourth-order valence-electron chi connectivity index (χ4n) is 1.95. The average molecular weight is 308 g/mol. The number of aromatic amines is 1. The van der Waals surface area contributed by atoms with Crippen molar-refractivity contribution < 1.29 is 0 Å². The molecule has 0 fully saturated rings. The molecule has 0 atom stereocenters. The Morgan fingerprint density at radius 1 is 1.33 bits per heavy atom. The van der Waals surface area contributed by atoms with Gasteiger partial charge in [-0.25, -0.2) is 19.9 Å². The SMILES string of the molecule is CCCNc1ncnc(Sc2n[nH]c(=O)n2CC)c1CC. The number of aromatic nitrogens is 5. The molecular weight excluding hydrogens is 288 g/mol. The molecule has 0 aliphatic rings. The van der Waals surface area contributed by atoms with Gasteiger partial charge >= 0.3 is 5.69 Å². The Morgan fingerprint density at radius 3 is 2.81 bits per heavy atom. The lowest BCUT2D eigenvalue weighted by Gasteiger charge is -2.12. The number of nitrogens with one attached hydrogen (secondary N) is 2. The van der Waals surface area contributed by atoms with E-state index in [4.69, 9.17) is 0 Å². The Kier molecular flexibility index (Phi) is 5.38. The first-order valence-corrected chi connectivity index (χ1v) is 7.93. The summed E-state index contributed by atoms with van der Waals surface area (Å²) in [5, 5.41) is 11.3. The normalized spacial score (nSPS) is 10.8. The quantitative estimate of drug-likeness (QED) is 0.760. The van der Waals surface area contributed by atoms with Crippen LogP contribution in [0.5, 0.6) is 0 Å². The maximum atomic E-state index is 11.6. The highest BCUT2D eigenvalue weighted by Gasteiger charge is 2.15. The summed E-state index contributed by atoms with van der Waals surface area (Å²) < 4.78 is 1.59. The van der Waals surface area contributed by atoms with Crippen molar-refractivity contribution in [2.45, 2.75) is 50.3 Å². The van der Waals surface area contributed by atoms with Crippen molar-refractivity contribution in [3.63, 3.8) is 0 Å². The molecule has 0 saturated carbocycles. The summed E-state index contributed by atoms with van der Waals surface area (Å²) in [5.41, 5.74) is 0.852. The lowest BCUT2D eigenvalue weighted by molar-refractivity contribution is 0.659. The zero-order valence-electron chi connectivity index (χ0n) is 12.5. The summed E-state index contributed by atoms with van der Waals surface area (Å²) in [6, 6.07) is 0. The number of anilines is 1. The van der Waals surface area contributed by atoms with E-state index in [9.17, 15) is 4.79 Å². The van der Waals surface area contributed by atoms with Gasteiger partial charge in [0.05, 0.1) is 0 Å². The molecule has 2 aromatic rings. The summed E-state index contributed by atoms with van der Waals surface area (Å²) >= 11 is 1.39. The first kappa shape index (κ1) is 15.6. The van der Waals surface area contributed by atoms with Gasteiger partial charge in [0.25, 0.3) is 0 Å². The molecule has 0 aliphatic carbocycles. The maximum Gasteiger partial charge on any atom is 0.343 e. The van der Waals surface area contributed by atoms with Crippen molar-refractivity contribution >= 4 is 17.6 Å². The lowest BCUT2D eigenvalue weighted by Crippen LogP contribution is -2.16. The first-order chi connectivity index (χ1) is 10.2. The van der Waals surface area contributed by atoms with E-state index in [0.29, 0.717) is 11.7 Å². The van der Waals surface area contributed by atoms with E-state index in [1.165, 1.54) is 11.8 Å². The minimum Gasteiger partial charge on any atom is -0.370 e. The van der Waals surface area contributed by atoms with Crippen LogP contribution >= 0.6 is 11.8 Å². The summed E-state index contributed by atoms with van der Waals surface area (Å²) in [6.45, 7) is 7.54. The lowest BCUT2D eigenvalue weighted by atomic mass is 10.2. The van der Waals surface area contributed by atoms with E-state index in [-0.39, 0.29) is 5.69 Å². The van der Waals surface area contributed by atoms with Gasteiger partial charge in [0.1, 0.15) is 17.2 Å². The largest absolute Gasteiger partial charge is 0.370 e. The minimum absolute atomic E-state index is 0.198. The molecule has 0 aromatic carbocycles. The third kappa shape index (κ3) is 3.44. The van der Waals surface area contributed by atoms with Crippen LogP contribution in [0.25, 0.3) is 0 Å². The van der Waals surface area contributed by atoms with Crippen LogP contribution in [0, 0.1) is 0 Å². The van der Waals surface area contributed by atoms with Crippen LogP contribution in [-0.2, 0) is 13.0 Å². The Bertz CT molecular complexity index is 650.